The van der Waals surface area contributed by atoms with Crippen LogP contribution in [-0.4, -0.2) is 19.5 Å². The predicted octanol–water partition coefficient (Wildman–Crippen LogP) is 2.91. The number of aromatic nitrogens is 4. The topological polar surface area (TPSA) is 90.7 Å². The summed E-state index contributed by atoms with van der Waals surface area (Å²) in [5.74, 6) is 0.767. The van der Waals surface area contributed by atoms with Gasteiger partial charge in [-0.2, -0.15) is 9.36 Å². The smallest absolute Gasteiger partial charge is 0.263 e. The van der Waals surface area contributed by atoms with Gasteiger partial charge in [-0.15, -0.1) is 0 Å². The van der Waals surface area contributed by atoms with Crippen LogP contribution in [0.15, 0.2) is 27.3 Å². The number of anilines is 1. The molecule has 0 aromatic carbocycles. The van der Waals surface area contributed by atoms with Gasteiger partial charge in [-0.3, -0.25) is 4.98 Å². The third-order valence-electron chi connectivity index (χ3n) is 2.50. The third-order valence-corrected chi connectivity index (χ3v) is 3.91. The molecule has 0 unspecified atom stereocenters. The van der Waals surface area contributed by atoms with E-state index in [1.807, 2.05) is 19.1 Å². The van der Waals surface area contributed by atoms with Crippen LogP contribution in [0.5, 0.6) is 0 Å². The van der Waals surface area contributed by atoms with E-state index in [9.17, 15) is 0 Å². The molecule has 3 rings (SSSR count). The molecule has 8 heteroatoms. The first kappa shape index (κ1) is 12.2. The Morgan fingerprint density at radius 1 is 1.42 bits per heavy atom. The molecule has 6 nitrogen and oxygen atoms in total. The molecule has 0 saturated heterocycles. The van der Waals surface area contributed by atoms with Gasteiger partial charge in [0.25, 0.3) is 5.89 Å². The van der Waals surface area contributed by atoms with Crippen molar-refractivity contribution < 1.29 is 4.52 Å². The fourth-order valence-electron chi connectivity index (χ4n) is 1.62. The highest BCUT2D eigenvalue weighted by molar-refractivity contribution is 9.10. The largest absolute Gasteiger partial charge is 0.389 e. The average molecular weight is 338 g/mol. The third kappa shape index (κ3) is 2.13. The Morgan fingerprint density at radius 3 is 2.95 bits per heavy atom. The Balaban J connectivity index is 2.08. The maximum Gasteiger partial charge on any atom is 0.263 e. The summed E-state index contributed by atoms with van der Waals surface area (Å²) in [5.41, 5.74) is 7.94. The molecule has 0 aliphatic rings. The second-order valence-electron chi connectivity index (χ2n) is 3.76. The van der Waals surface area contributed by atoms with Gasteiger partial charge in [-0.1, -0.05) is 5.16 Å². The Morgan fingerprint density at radius 2 is 2.26 bits per heavy atom. The van der Waals surface area contributed by atoms with E-state index in [1.165, 1.54) is 11.5 Å². The Labute approximate surface area is 121 Å². The lowest BCUT2D eigenvalue weighted by molar-refractivity contribution is 0.432. The van der Waals surface area contributed by atoms with Crippen LogP contribution in [0, 0.1) is 6.92 Å². The number of nitrogens with zero attached hydrogens (tertiary/aromatic N) is 4. The predicted molar refractivity (Wildman–Crippen MR) is 75.5 cm³/mol. The zero-order valence-corrected chi connectivity index (χ0v) is 12.2. The number of nitrogen functional groups attached to an aromatic ring is 1. The van der Waals surface area contributed by atoms with Gasteiger partial charge in [0.15, 0.2) is 0 Å². The Hall–Kier alpha value is -1.80. The molecular formula is C11H8BrN5OS. The fraction of sp³-hybridized carbons (Fsp3) is 0.0909. The number of nitrogens with two attached hydrogens (primary N) is 1. The molecule has 0 spiro atoms. The molecule has 0 radical (unpaired) electrons. The number of aryl methyl sites for hydroxylation is 1. The van der Waals surface area contributed by atoms with Crippen molar-refractivity contribution in [2.75, 3.05) is 5.73 Å². The van der Waals surface area contributed by atoms with Crippen LogP contribution in [0.1, 0.15) is 5.69 Å². The molecule has 0 atom stereocenters. The van der Waals surface area contributed by atoms with Crippen molar-refractivity contribution in [3.8, 4) is 23.0 Å². The highest BCUT2D eigenvalue weighted by Crippen LogP contribution is 2.32. The van der Waals surface area contributed by atoms with Crippen molar-refractivity contribution in [2.24, 2.45) is 0 Å². The lowest BCUT2D eigenvalue weighted by Crippen LogP contribution is -1.88. The van der Waals surface area contributed by atoms with Crippen molar-refractivity contribution in [3.05, 3.63) is 28.5 Å². The highest BCUT2D eigenvalue weighted by atomic mass is 79.9. The lowest BCUT2D eigenvalue weighted by Gasteiger charge is -1.95. The van der Waals surface area contributed by atoms with Gasteiger partial charge in [0, 0.05) is 10.7 Å². The number of pyridine rings is 1. The molecule has 3 aromatic heterocycles. The lowest BCUT2D eigenvalue weighted by atomic mass is 10.2. The summed E-state index contributed by atoms with van der Waals surface area (Å²) < 4.78 is 10.2. The molecule has 0 fully saturated rings. The van der Waals surface area contributed by atoms with Crippen LogP contribution in [0.2, 0.25) is 0 Å². The number of rotatable bonds is 2. The van der Waals surface area contributed by atoms with Crippen molar-refractivity contribution in [2.45, 2.75) is 6.92 Å². The molecule has 3 aromatic rings. The molecule has 2 N–H and O–H groups in total. The van der Waals surface area contributed by atoms with Crippen LogP contribution in [0.25, 0.3) is 23.0 Å². The maximum atomic E-state index is 5.85. The number of hydrogen-bond acceptors (Lipinski definition) is 7. The van der Waals surface area contributed by atoms with Crippen LogP contribution < -0.4 is 5.73 Å². The number of halogens is 1. The van der Waals surface area contributed by atoms with Gasteiger partial charge in [0.2, 0.25) is 5.82 Å². The first-order valence-corrected chi connectivity index (χ1v) is 6.90. The molecule has 0 aliphatic carbocycles. The summed E-state index contributed by atoms with van der Waals surface area (Å²) in [7, 11) is 0. The van der Waals surface area contributed by atoms with Crippen LogP contribution >= 0.6 is 27.5 Å². The van der Waals surface area contributed by atoms with Crippen LogP contribution in [0.3, 0.4) is 0 Å². The zero-order chi connectivity index (χ0) is 13.4. The fourth-order valence-corrected chi connectivity index (χ4v) is 2.70. The Kier molecular flexibility index (Phi) is 3.03. The molecule has 0 amide bonds. The van der Waals surface area contributed by atoms with E-state index < -0.39 is 0 Å². The summed E-state index contributed by atoms with van der Waals surface area (Å²) in [4.78, 5) is 8.53. The van der Waals surface area contributed by atoms with Gasteiger partial charge >= 0.3 is 0 Å². The monoisotopic (exact) mass is 337 g/mol. The van der Waals surface area contributed by atoms with Crippen molar-refractivity contribution in [3.63, 3.8) is 0 Å². The molecule has 0 bridgehead atoms. The SMILES string of the molecule is Cc1nsc(N)c1-c1nc(-c2ncccc2Br)no1. The minimum absolute atomic E-state index is 0.358. The second-order valence-corrected chi connectivity index (χ2v) is 5.42. The van der Waals surface area contributed by atoms with E-state index in [2.05, 4.69) is 35.4 Å². The summed E-state index contributed by atoms with van der Waals surface area (Å²) in [6.45, 7) is 1.85. The second kappa shape index (κ2) is 4.71. The zero-order valence-electron chi connectivity index (χ0n) is 9.79. The van der Waals surface area contributed by atoms with Gasteiger partial charge in [-0.25, -0.2) is 0 Å². The average Bonchev–Trinajstić information content (AvgIpc) is 2.97. The van der Waals surface area contributed by atoms with E-state index in [4.69, 9.17) is 10.3 Å². The molecule has 19 heavy (non-hydrogen) atoms. The maximum absolute atomic E-state index is 5.85. The van der Waals surface area contributed by atoms with E-state index in [-0.39, 0.29) is 0 Å². The van der Waals surface area contributed by atoms with E-state index in [0.29, 0.717) is 28.0 Å². The molecular weight excluding hydrogens is 330 g/mol. The first-order chi connectivity index (χ1) is 9.16. The Bertz CT molecular complexity index is 719. The molecule has 96 valence electrons. The minimum Gasteiger partial charge on any atom is -0.389 e. The molecule has 0 saturated carbocycles. The van der Waals surface area contributed by atoms with Gasteiger partial charge in [-0.05, 0) is 46.5 Å². The standard InChI is InChI=1S/C11H8BrN5OS/c1-5-7(9(13)19-17-5)11-15-10(16-18-11)8-6(12)3-2-4-14-8/h2-4H,13H2,1H3. The van der Waals surface area contributed by atoms with E-state index >= 15 is 0 Å². The quantitative estimate of drug-likeness (QED) is 0.773. The van der Waals surface area contributed by atoms with Crippen molar-refractivity contribution in [1.29, 1.82) is 0 Å². The minimum atomic E-state index is 0.358. The van der Waals surface area contributed by atoms with Crippen molar-refractivity contribution >= 4 is 32.5 Å². The summed E-state index contributed by atoms with van der Waals surface area (Å²) in [5, 5.41) is 4.49. The van der Waals surface area contributed by atoms with E-state index in [1.54, 1.807) is 6.20 Å². The molecule has 3 heterocycles. The molecule has 0 aliphatic heterocycles. The summed E-state index contributed by atoms with van der Waals surface area (Å²) >= 11 is 4.61. The first-order valence-electron chi connectivity index (χ1n) is 5.33. The van der Waals surface area contributed by atoms with Crippen LogP contribution in [-0.2, 0) is 0 Å². The summed E-state index contributed by atoms with van der Waals surface area (Å²) in [6.07, 6.45) is 1.67. The van der Waals surface area contributed by atoms with Crippen LogP contribution in [0.4, 0.5) is 5.00 Å². The van der Waals surface area contributed by atoms with Gasteiger partial charge in [0.1, 0.15) is 10.7 Å². The van der Waals surface area contributed by atoms with Gasteiger partial charge in [0.05, 0.1) is 11.3 Å². The number of hydrogen-bond donors (Lipinski definition) is 1. The van der Waals surface area contributed by atoms with Crippen molar-refractivity contribution in [1.82, 2.24) is 19.5 Å². The van der Waals surface area contributed by atoms with Gasteiger partial charge < -0.3 is 10.3 Å². The highest BCUT2D eigenvalue weighted by Gasteiger charge is 2.19. The summed E-state index contributed by atoms with van der Waals surface area (Å²) in [6, 6.07) is 3.68. The van der Waals surface area contributed by atoms with E-state index in [0.717, 1.165) is 10.2 Å². The normalized spacial score (nSPS) is 10.8.